The second kappa shape index (κ2) is 2.35. The number of thiol groups is 1. The average Bonchev–Trinajstić information content (AvgIpc) is 1.77. The quantitative estimate of drug-likeness (QED) is 0.478. The molecule has 0 fully saturated rings. The van der Waals surface area contributed by atoms with Crippen molar-refractivity contribution in [2.75, 3.05) is 0 Å². The van der Waals surface area contributed by atoms with Gasteiger partial charge in [0.05, 0.1) is 0 Å². The smallest absolute Gasteiger partial charge is 0.132 e. The lowest BCUT2D eigenvalue weighted by atomic mass is 10.2. The van der Waals surface area contributed by atoms with Gasteiger partial charge in [-0.2, -0.15) is 0 Å². The lowest BCUT2D eigenvalue weighted by Crippen LogP contribution is -1.82. The second-order valence-electron chi connectivity index (χ2n) is 1.74. The highest BCUT2D eigenvalue weighted by atomic mass is 32.1. The van der Waals surface area contributed by atoms with Crippen molar-refractivity contribution in [2.24, 2.45) is 0 Å². The molecule has 1 aliphatic carbocycles. The summed E-state index contributed by atoms with van der Waals surface area (Å²) in [6.45, 7) is 0. The molecular weight excluding hydrogens is 123 g/mol. The minimum atomic E-state index is -0.181. The molecule has 0 aliphatic heterocycles. The maximum absolute atomic E-state index is 12.3. The first kappa shape index (κ1) is 5.89. The highest BCUT2D eigenvalue weighted by molar-refractivity contribution is 7.84. The van der Waals surface area contributed by atoms with E-state index in [0.29, 0.717) is 4.91 Å². The van der Waals surface area contributed by atoms with Crippen LogP contribution >= 0.6 is 12.6 Å². The van der Waals surface area contributed by atoms with Gasteiger partial charge in [0, 0.05) is 4.91 Å². The minimum absolute atomic E-state index is 0.181. The predicted octanol–water partition coefficient (Wildman–Crippen LogP) is 2.45. The summed E-state index contributed by atoms with van der Waals surface area (Å²) in [6.07, 6.45) is 4.96. The fourth-order valence-corrected chi connectivity index (χ4v) is 0.826. The first-order chi connectivity index (χ1) is 3.80. The standard InChI is InChI=1S/C6H7FS/c7-5-3-1-2-4-6(5)8/h1,3,8H,2,4H2. The van der Waals surface area contributed by atoms with Gasteiger partial charge < -0.3 is 0 Å². The van der Waals surface area contributed by atoms with E-state index in [9.17, 15) is 4.39 Å². The fourth-order valence-electron chi connectivity index (χ4n) is 0.622. The molecule has 8 heavy (non-hydrogen) atoms. The molecule has 0 radical (unpaired) electrons. The Hall–Kier alpha value is -0.240. The van der Waals surface area contributed by atoms with Crippen molar-refractivity contribution in [1.82, 2.24) is 0 Å². The third kappa shape index (κ3) is 1.13. The van der Waals surface area contributed by atoms with Gasteiger partial charge in [-0.15, -0.1) is 12.6 Å². The van der Waals surface area contributed by atoms with Crippen LogP contribution in [0.4, 0.5) is 4.39 Å². The van der Waals surface area contributed by atoms with Gasteiger partial charge in [-0.3, -0.25) is 0 Å². The summed E-state index contributed by atoms with van der Waals surface area (Å²) in [6, 6.07) is 0. The molecular formula is C6H7FS. The lowest BCUT2D eigenvalue weighted by molar-refractivity contribution is 0.649. The molecule has 0 unspecified atom stereocenters. The van der Waals surface area contributed by atoms with Crippen LogP contribution in [0.2, 0.25) is 0 Å². The van der Waals surface area contributed by atoms with Gasteiger partial charge in [0.15, 0.2) is 0 Å². The Bertz CT molecular complexity index is 147. The highest BCUT2D eigenvalue weighted by Gasteiger charge is 2.01. The first-order valence-corrected chi connectivity index (χ1v) is 2.99. The van der Waals surface area contributed by atoms with E-state index in [4.69, 9.17) is 0 Å². The number of hydrogen-bond acceptors (Lipinski definition) is 1. The van der Waals surface area contributed by atoms with E-state index in [1.165, 1.54) is 6.08 Å². The summed E-state index contributed by atoms with van der Waals surface area (Å²) in [7, 11) is 0. The third-order valence-electron chi connectivity index (χ3n) is 1.09. The van der Waals surface area contributed by atoms with Gasteiger partial charge >= 0.3 is 0 Å². The largest absolute Gasteiger partial charge is 0.206 e. The van der Waals surface area contributed by atoms with Gasteiger partial charge in [-0.1, -0.05) is 6.08 Å². The summed E-state index contributed by atoms with van der Waals surface area (Å²) in [4.78, 5) is 0.576. The van der Waals surface area contributed by atoms with Crippen LogP contribution in [0.5, 0.6) is 0 Å². The van der Waals surface area contributed by atoms with Gasteiger partial charge in [-0.05, 0) is 18.9 Å². The highest BCUT2D eigenvalue weighted by Crippen LogP contribution is 2.21. The zero-order chi connectivity index (χ0) is 5.98. The van der Waals surface area contributed by atoms with E-state index >= 15 is 0 Å². The van der Waals surface area contributed by atoms with E-state index in [2.05, 4.69) is 12.6 Å². The predicted molar refractivity (Wildman–Crippen MR) is 35.5 cm³/mol. The Balaban J connectivity index is 2.76. The molecule has 0 aromatic rings. The zero-order valence-electron chi connectivity index (χ0n) is 4.39. The van der Waals surface area contributed by atoms with Crippen molar-refractivity contribution in [3.05, 3.63) is 22.9 Å². The van der Waals surface area contributed by atoms with E-state index in [-0.39, 0.29) is 5.83 Å². The molecule has 0 bridgehead atoms. The SMILES string of the molecule is FC1=C(S)CCC=C1. The molecule has 2 heteroatoms. The zero-order valence-corrected chi connectivity index (χ0v) is 5.29. The summed E-state index contributed by atoms with van der Waals surface area (Å²) in [5.41, 5.74) is 0. The number of halogens is 1. The van der Waals surface area contributed by atoms with Crippen LogP contribution < -0.4 is 0 Å². The van der Waals surface area contributed by atoms with Gasteiger partial charge in [0.2, 0.25) is 0 Å². The molecule has 1 aliphatic rings. The van der Waals surface area contributed by atoms with Gasteiger partial charge in [-0.25, -0.2) is 4.39 Å². The molecule has 0 atom stereocenters. The van der Waals surface area contributed by atoms with Crippen molar-refractivity contribution >= 4 is 12.6 Å². The maximum atomic E-state index is 12.3. The van der Waals surface area contributed by atoms with Crippen LogP contribution in [0, 0.1) is 0 Å². The lowest BCUT2D eigenvalue weighted by Gasteiger charge is -2.01. The van der Waals surface area contributed by atoms with Crippen LogP contribution in [0.25, 0.3) is 0 Å². The Labute approximate surface area is 53.5 Å². The number of hydrogen-bond donors (Lipinski definition) is 1. The average molecular weight is 130 g/mol. The van der Waals surface area contributed by atoms with Crippen molar-refractivity contribution in [3.8, 4) is 0 Å². The monoisotopic (exact) mass is 130 g/mol. The summed E-state index contributed by atoms with van der Waals surface area (Å²) < 4.78 is 12.3. The van der Waals surface area contributed by atoms with Crippen LogP contribution in [0.15, 0.2) is 22.9 Å². The Morgan fingerprint density at radius 2 is 2.38 bits per heavy atom. The first-order valence-electron chi connectivity index (χ1n) is 2.55. The number of allylic oxidation sites excluding steroid dienone is 4. The Morgan fingerprint density at radius 3 is 2.75 bits per heavy atom. The summed E-state index contributed by atoms with van der Waals surface area (Å²) in [5, 5.41) is 0. The Kier molecular flexibility index (Phi) is 1.73. The Morgan fingerprint density at radius 1 is 1.62 bits per heavy atom. The normalized spacial score (nSPS) is 19.8. The molecule has 0 nitrogen and oxygen atoms in total. The second-order valence-corrected chi connectivity index (χ2v) is 2.28. The van der Waals surface area contributed by atoms with Crippen molar-refractivity contribution < 1.29 is 4.39 Å². The van der Waals surface area contributed by atoms with E-state index in [0.717, 1.165) is 12.8 Å². The third-order valence-corrected chi connectivity index (χ3v) is 1.52. The van der Waals surface area contributed by atoms with Crippen LogP contribution in [-0.4, -0.2) is 0 Å². The molecule has 0 heterocycles. The summed E-state index contributed by atoms with van der Waals surface area (Å²) >= 11 is 3.91. The minimum Gasteiger partial charge on any atom is -0.206 e. The van der Waals surface area contributed by atoms with Crippen LogP contribution in [-0.2, 0) is 0 Å². The molecule has 1 rings (SSSR count). The van der Waals surface area contributed by atoms with E-state index in [1.54, 1.807) is 0 Å². The van der Waals surface area contributed by atoms with Crippen molar-refractivity contribution in [1.29, 1.82) is 0 Å². The summed E-state index contributed by atoms with van der Waals surface area (Å²) in [5.74, 6) is -0.181. The van der Waals surface area contributed by atoms with Gasteiger partial charge in [0.25, 0.3) is 0 Å². The number of rotatable bonds is 0. The van der Waals surface area contributed by atoms with E-state index < -0.39 is 0 Å². The molecule has 0 saturated heterocycles. The van der Waals surface area contributed by atoms with Crippen molar-refractivity contribution in [2.45, 2.75) is 12.8 Å². The molecule has 0 aromatic heterocycles. The molecule has 0 saturated carbocycles. The van der Waals surface area contributed by atoms with Gasteiger partial charge in [0.1, 0.15) is 5.83 Å². The fraction of sp³-hybridized carbons (Fsp3) is 0.333. The molecule has 0 amide bonds. The van der Waals surface area contributed by atoms with Crippen molar-refractivity contribution in [3.63, 3.8) is 0 Å². The molecule has 44 valence electrons. The van der Waals surface area contributed by atoms with E-state index in [1.807, 2.05) is 6.08 Å². The molecule has 0 N–H and O–H groups in total. The molecule has 0 spiro atoms. The maximum Gasteiger partial charge on any atom is 0.132 e. The van der Waals surface area contributed by atoms with Crippen LogP contribution in [0.3, 0.4) is 0 Å². The van der Waals surface area contributed by atoms with Crippen LogP contribution in [0.1, 0.15) is 12.8 Å². The molecule has 0 aromatic carbocycles. The topological polar surface area (TPSA) is 0 Å².